The maximum atomic E-state index is 12.6. The monoisotopic (exact) mass is 370 g/mol. The van der Waals surface area contributed by atoms with Crippen LogP contribution in [0.5, 0.6) is 5.75 Å². The van der Waals surface area contributed by atoms with Crippen molar-refractivity contribution in [2.24, 2.45) is 0 Å². The summed E-state index contributed by atoms with van der Waals surface area (Å²) < 4.78 is 5.39. The third kappa shape index (κ3) is 4.70. The molecule has 2 aromatic carbocycles. The Morgan fingerprint density at radius 3 is 2.30 bits per heavy atom. The number of carbonyl (C=O) groups is 2. The van der Waals surface area contributed by atoms with Gasteiger partial charge in [0.1, 0.15) is 11.4 Å². The fourth-order valence-electron chi connectivity index (χ4n) is 3.21. The zero-order valence-electron chi connectivity index (χ0n) is 16.0. The smallest absolute Gasteiger partial charge is 0.410 e. The highest BCUT2D eigenvalue weighted by Crippen LogP contribution is 2.25. The molecule has 144 valence electrons. The predicted octanol–water partition coefficient (Wildman–Crippen LogP) is 3.67. The van der Waals surface area contributed by atoms with Gasteiger partial charge in [-0.05, 0) is 56.5 Å². The zero-order chi connectivity index (χ0) is 19.6. The summed E-state index contributed by atoms with van der Waals surface area (Å²) >= 11 is 0. The van der Waals surface area contributed by atoms with E-state index in [0.29, 0.717) is 25.9 Å². The lowest BCUT2D eigenvalue weighted by molar-refractivity contribution is 0.0199. The number of rotatable bonds is 2. The van der Waals surface area contributed by atoms with Gasteiger partial charge in [-0.1, -0.05) is 24.3 Å². The minimum Gasteiger partial charge on any atom is -0.507 e. The van der Waals surface area contributed by atoms with E-state index in [1.54, 1.807) is 17.0 Å². The number of hydrogen-bond donors (Lipinski definition) is 2. The van der Waals surface area contributed by atoms with Crippen LogP contribution in [0.1, 0.15) is 44.0 Å². The van der Waals surface area contributed by atoms with E-state index in [1.165, 1.54) is 0 Å². The number of carbonyl (C=O) groups excluding carboxylic acids is 2. The summed E-state index contributed by atoms with van der Waals surface area (Å²) in [5, 5.41) is 15.0. The third-order valence-electron chi connectivity index (χ3n) is 4.59. The average Bonchev–Trinajstić information content (AvgIpc) is 2.60. The minimum absolute atomic E-state index is 0.0302. The van der Waals surface area contributed by atoms with Crippen LogP contribution in [0.2, 0.25) is 0 Å². The van der Waals surface area contributed by atoms with Crippen LogP contribution in [-0.2, 0) is 4.74 Å². The highest BCUT2D eigenvalue weighted by molar-refractivity contribution is 6.01. The normalized spacial score (nSPS) is 15.6. The van der Waals surface area contributed by atoms with E-state index in [1.807, 2.05) is 45.0 Å². The molecule has 6 heteroatoms. The van der Waals surface area contributed by atoms with Crippen molar-refractivity contribution in [3.05, 3.63) is 42.0 Å². The third-order valence-corrected chi connectivity index (χ3v) is 4.59. The van der Waals surface area contributed by atoms with Crippen molar-refractivity contribution in [3.8, 4) is 5.75 Å². The second-order valence-corrected chi connectivity index (χ2v) is 7.93. The first-order chi connectivity index (χ1) is 12.7. The fourth-order valence-corrected chi connectivity index (χ4v) is 3.21. The molecule has 2 N–H and O–H groups in total. The number of aromatic hydroxyl groups is 1. The van der Waals surface area contributed by atoms with Crippen LogP contribution in [0.3, 0.4) is 0 Å². The Hall–Kier alpha value is -2.76. The highest BCUT2D eigenvalue weighted by atomic mass is 16.6. The molecule has 0 radical (unpaired) electrons. The van der Waals surface area contributed by atoms with Crippen LogP contribution in [0, 0.1) is 0 Å². The van der Waals surface area contributed by atoms with Crippen LogP contribution >= 0.6 is 0 Å². The highest BCUT2D eigenvalue weighted by Gasteiger charge is 2.28. The fraction of sp³-hybridized carbons (Fsp3) is 0.429. The maximum Gasteiger partial charge on any atom is 0.410 e. The molecule has 1 fully saturated rings. The van der Waals surface area contributed by atoms with Gasteiger partial charge in [0.15, 0.2) is 0 Å². The summed E-state index contributed by atoms with van der Waals surface area (Å²) in [6.45, 7) is 6.59. The number of phenols is 1. The van der Waals surface area contributed by atoms with Crippen molar-refractivity contribution in [1.29, 1.82) is 0 Å². The standard InChI is InChI=1S/C21H26N2O4/c1-21(2,3)27-20(26)23-10-8-16(9-11-23)22-19(25)17-12-14-6-4-5-7-15(14)13-18(17)24/h4-7,12-13,16,24H,8-11H2,1-3H3,(H,22,25). The topological polar surface area (TPSA) is 78.9 Å². The summed E-state index contributed by atoms with van der Waals surface area (Å²) in [6, 6.07) is 10.9. The number of fused-ring (bicyclic) bond motifs is 1. The van der Waals surface area contributed by atoms with E-state index in [0.717, 1.165) is 10.8 Å². The molecule has 0 spiro atoms. The molecule has 1 heterocycles. The number of benzene rings is 2. The summed E-state index contributed by atoms with van der Waals surface area (Å²) in [5.41, 5.74) is -0.251. The van der Waals surface area contributed by atoms with Crippen LogP contribution in [0.15, 0.2) is 36.4 Å². The van der Waals surface area contributed by atoms with E-state index in [-0.39, 0.29) is 29.4 Å². The van der Waals surface area contributed by atoms with Gasteiger partial charge in [-0.25, -0.2) is 4.79 Å². The molecule has 1 aliphatic rings. The van der Waals surface area contributed by atoms with Gasteiger partial charge in [0.05, 0.1) is 5.56 Å². The first kappa shape index (κ1) is 19.0. The Balaban J connectivity index is 1.60. The van der Waals surface area contributed by atoms with Gasteiger partial charge in [-0.3, -0.25) is 4.79 Å². The molecule has 0 bridgehead atoms. The second kappa shape index (κ2) is 7.47. The van der Waals surface area contributed by atoms with Crippen LogP contribution in [0.4, 0.5) is 4.79 Å². The molecule has 3 rings (SSSR count). The van der Waals surface area contributed by atoms with Gasteiger partial charge in [-0.2, -0.15) is 0 Å². The summed E-state index contributed by atoms with van der Waals surface area (Å²) in [5.74, 6) is -0.327. The van der Waals surface area contributed by atoms with Crippen LogP contribution < -0.4 is 5.32 Å². The Morgan fingerprint density at radius 2 is 1.70 bits per heavy atom. The molecular weight excluding hydrogens is 344 g/mol. The quantitative estimate of drug-likeness (QED) is 0.845. The molecule has 1 saturated heterocycles. The maximum absolute atomic E-state index is 12.6. The second-order valence-electron chi connectivity index (χ2n) is 7.93. The molecule has 0 aliphatic carbocycles. The van der Waals surface area contributed by atoms with Gasteiger partial charge >= 0.3 is 6.09 Å². The lowest BCUT2D eigenvalue weighted by Crippen LogP contribution is -2.47. The number of phenolic OH excluding ortho intramolecular Hbond substituents is 1. The lowest BCUT2D eigenvalue weighted by Gasteiger charge is -2.33. The number of amides is 2. The Labute approximate surface area is 159 Å². The number of piperidine rings is 1. The van der Waals surface area contributed by atoms with Gasteiger partial charge in [-0.15, -0.1) is 0 Å². The number of ether oxygens (including phenoxy) is 1. The van der Waals surface area contributed by atoms with Gasteiger partial charge < -0.3 is 20.1 Å². The van der Waals surface area contributed by atoms with Crippen molar-refractivity contribution >= 4 is 22.8 Å². The van der Waals surface area contributed by atoms with Crippen molar-refractivity contribution in [2.45, 2.75) is 45.3 Å². The Morgan fingerprint density at radius 1 is 1.11 bits per heavy atom. The van der Waals surface area contributed by atoms with Crippen molar-refractivity contribution in [2.75, 3.05) is 13.1 Å². The van der Waals surface area contributed by atoms with E-state index < -0.39 is 5.60 Å². The molecule has 2 aromatic rings. The molecule has 0 atom stereocenters. The molecule has 0 unspecified atom stereocenters. The molecule has 1 aliphatic heterocycles. The Kier molecular flexibility index (Phi) is 5.26. The number of nitrogens with one attached hydrogen (secondary N) is 1. The molecule has 0 aromatic heterocycles. The predicted molar refractivity (Wildman–Crippen MR) is 104 cm³/mol. The zero-order valence-corrected chi connectivity index (χ0v) is 16.0. The van der Waals surface area contributed by atoms with Crippen molar-refractivity contribution in [3.63, 3.8) is 0 Å². The number of nitrogens with zero attached hydrogens (tertiary/aromatic N) is 1. The average molecular weight is 370 g/mol. The molecule has 6 nitrogen and oxygen atoms in total. The van der Waals surface area contributed by atoms with E-state index in [2.05, 4.69) is 5.32 Å². The van der Waals surface area contributed by atoms with E-state index >= 15 is 0 Å². The first-order valence-electron chi connectivity index (χ1n) is 9.23. The summed E-state index contributed by atoms with van der Waals surface area (Å²) in [4.78, 5) is 26.4. The Bertz CT molecular complexity index is 849. The minimum atomic E-state index is -0.518. The molecule has 0 saturated carbocycles. The van der Waals surface area contributed by atoms with E-state index in [4.69, 9.17) is 4.74 Å². The van der Waals surface area contributed by atoms with Crippen molar-refractivity contribution < 1.29 is 19.4 Å². The largest absolute Gasteiger partial charge is 0.507 e. The SMILES string of the molecule is CC(C)(C)OC(=O)N1CCC(NC(=O)c2cc3ccccc3cc2O)CC1. The summed E-state index contributed by atoms with van der Waals surface area (Å²) in [6.07, 6.45) is 0.984. The number of likely N-dealkylation sites (tertiary alicyclic amines) is 1. The van der Waals surface area contributed by atoms with Crippen LogP contribution in [-0.4, -0.2) is 46.7 Å². The van der Waals surface area contributed by atoms with Crippen LogP contribution in [0.25, 0.3) is 10.8 Å². The molecule has 27 heavy (non-hydrogen) atoms. The summed E-state index contributed by atoms with van der Waals surface area (Å²) in [7, 11) is 0. The number of hydrogen-bond acceptors (Lipinski definition) is 4. The van der Waals surface area contributed by atoms with E-state index in [9.17, 15) is 14.7 Å². The van der Waals surface area contributed by atoms with Crippen molar-refractivity contribution in [1.82, 2.24) is 10.2 Å². The molecular formula is C21H26N2O4. The van der Waals surface area contributed by atoms with Gasteiger partial charge in [0.25, 0.3) is 5.91 Å². The molecule has 2 amide bonds. The van der Waals surface area contributed by atoms with Gasteiger partial charge in [0, 0.05) is 19.1 Å². The first-order valence-corrected chi connectivity index (χ1v) is 9.23. The van der Waals surface area contributed by atoms with Gasteiger partial charge in [0.2, 0.25) is 0 Å². The lowest BCUT2D eigenvalue weighted by atomic mass is 10.0.